The summed E-state index contributed by atoms with van der Waals surface area (Å²) >= 11 is 0. The second kappa shape index (κ2) is 5.24. The van der Waals surface area contributed by atoms with Crippen LogP contribution in [-0.2, 0) is 9.53 Å². The van der Waals surface area contributed by atoms with Gasteiger partial charge in [0.25, 0.3) is 0 Å². The molecule has 1 heterocycles. The molecule has 2 atom stereocenters. The maximum atomic E-state index is 13.1. The maximum Gasteiger partial charge on any atom is 0.240 e. The van der Waals surface area contributed by atoms with E-state index in [1.54, 1.807) is 12.0 Å². The van der Waals surface area contributed by atoms with Gasteiger partial charge in [-0.2, -0.15) is 5.26 Å². The number of carbonyl (C=O) groups is 1. The molecule has 0 saturated carbocycles. The first-order valence-corrected chi connectivity index (χ1v) is 5.85. The van der Waals surface area contributed by atoms with Crippen LogP contribution < -0.4 is 10.6 Å². The summed E-state index contributed by atoms with van der Waals surface area (Å²) in [5, 5.41) is 9.06. The Hall–Kier alpha value is -2.13. The number of nitriles is 1. The number of ether oxygens (including phenoxy) is 1. The molecule has 0 aromatic heterocycles. The first kappa shape index (κ1) is 13.3. The zero-order valence-electron chi connectivity index (χ0n) is 10.5. The molecule has 0 bridgehead atoms. The monoisotopic (exact) mass is 263 g/mol. The van der Waals surface area contributed by atoms with Gasteiger partial charge >= 0.3 is 0 Å². The van der Waals surface area contributed by atoms with Gasteiger partial charge in [-0.25, -0.2) is 4.39 Å². The lowest BCUT2D eigenvalue weighted by Gasteiger charge is -2.25. The highest BCUT2D eigenvalue weighted by Crippen LogP contribution is 2.30. The fraction of sp³-hybridized carbons (Fsp3) is 0.385. The van der Waals surface area contributed by atoms with Gasteiger partial charge in [0, 0.05) is 20.1 Å². The SMILES string of the molecule is CO[C@H]1C[C@@H](C(N)=O)N(c2ccc(F)cc2C#N)C1. The molecule has 100 valence electrons. The summed E-state index contributed by atoms with van der Waals surface area (Å²) in [6, 6.07) is 5.28. The van der Waals surface area contributed by atoms with Gasteiger partial charge in [0.15, 0.2) is 0 Å². The van der Waals surface area contributed by atoms with Gasteiger partial charge in [0.05, 0.1) is 17.4 Å². The van der Waals surface area contributed by atoms with E-state index in [-0.39, 0.29) is 11.7 Å². The summed E-state index contributed by atoms with van der Waals surface area (Å²) < 4.78 is 18.4. The molecular weight excluding hydrogens is 249 g/mol. The van der Waals surface area contributed by atoms with Gasteiger partial charge in [-0.05, 0) is 18.2 Å². The number of halogens is 1. The number of amides is 1. The molecule has 0 spiro atoms. The molecule has 1 saturated heterocycles. The third kappa shape index (κ3) is 2.51. The zero-order valence-corrected chi connectivity index (χ0v) is 10.5. The van der Waals surface area contributed by atoms with Gasteiger partial charge < -0.3 is 15.4 Å². The Balaban J connectivity index is 2.39. The fourth-order valence-corrected chi connectivity index (χ4v) is 2.35. The molecule has 19 heavy (non-hydrogen) atoms. The van der Waals surface area contributed by atoms with E-state index in [1.165, 1.54) is 12.1 Å². The predicted octanol–water partition coefficient (Wildman–Crippen LogP) is 0.776. The molecule has 5 nitrogen and oxygen atoms in total. The molecule has 1 amide bonds. The standard InChI is InChI=1S/C13H14FN3O2/c1-19-10-5-12(13(16)18)17(7-10)11-3-2-9(14)4-8(11)6-15/h2-4,10,12H,5,7H2,1H3,(H2,16,18)/t10-,12-/m0/s1. The summed E-state index contributed by atoms with van der Waals surface area (Å²) in [4.78, 5) is 13.2. The van der Waals surface area contributed by atoms with Crippen molar-refractivity contribution in [3.05, 3.63) is 29.6 Å². The first-order chi connectivity index (χ1) is 9.06. The minimum Gasteiger partial charge on any atom is -0.380 e. The number of anilines is 1. The number of methoxy groups -OCH3 is 1. The topological polar surface area (TPSA) is 79.3 Å². The summed E-state index contributed by atoms with van der Waals surface area (Å²) in [6.45, 7) is 0.449. The van der Waals surface area contributed by atoms with Crippen LogP contribution in [0.4, 0.5) is 10.1 Å². The number of primary amides is 1. The van der Waals surface area contributed by atoms with Gasteiger partial charge in [0.2, 0.25) is 5.91 Å². The van der Waals surface area contributed by atoms with Crippen LogP contribution in [0.15, 0.2) is 18.2 Å². The van der Waals surface area contributed by atoms with Crippen molar-refractivity contribution in [1.82, 2.24) is 0 Å². The molecule has 1 aliphatic heterocycles. The Morgan fingerprint density at radius 2 is 2.37 bits per heavy atom. The number of benzene rings is 1. The van der Waals surface area contributed by atoms with E-state index >= 15 is 0 Å². The largest absolute Gasteiger partial charge is 0.380 e. The molecule has 0 aliphatic carbocycles. The molecular formula is C13H14FN3O2. The second-order valence-corrected chi connectivity index (χ2v) is 4.44. The van der Waals surface area contributed by atoms with Crippen molar-refractivity contribution >= 4 is 11.6 Å². The minimum atomic E-state index is -0.539. The summed E-state index contributed by atoms with van der Waals surface area (Å²) in [5.74, 6) is -0.967. The van der Waals surface area contributed by atoms with Gasteiger partial charge in [-0.15, -0.1) is 0 Å². The van der Waals surface area contributed by atoms with Crippen LogP contribution in [0.1, 0.15) is 12.0 Å². The summed E-state index contributed by atoms with van der Waals surface area (Å²) in [7, 11) is 1.56. The average Bonchev–Trinajstić information content (AvgIpc) is 2.82. The highest BCUT2D eigenvalue weighted by molar-refractivity contribution is 5.85. The minimum absolute atomic E-state index is 0.130. The van der Waals surface area contributed by atoms with Crippen LogP contribution in [0.2, 0.25) is 0 Å². The Labute approximate surface area is 110 Å². The highest BCUT2D eigenvalue weighted by atomic mass is 19.1. The van der Waals surface area contributed by atoms with Gasteiger partial charge in [-0.3, -0.25) is 4.79 Å². The molecule has 1 fully saturated rings. The van der Waals surface area contributed by atoms with Crippen LogP contribution >= 0.6 is 0 Å². The second-order valence-electron chi connectivity index (χ2n) is 4.44. The van der Waals surface area contributed by atoms with E-state index < -0.39 is 17.8 Å². The summed E-state index contributed by atoms with van der Waals surface area (Å²) in [5.41, 5.74) is 6.06. The third-order valence-electron chi connectivity index (χ3n) is 3.31. The number of nitrogens with two attached hydrogens (primary N) is 1. The molecule has 0 radical (unpaired) electrons. The van der Waals surface area contributed by atoms with Crippen LogP contribution in [0.3, 0.4) is 0 Å². The van der Waals surface area contributed by atoms with Crippen LogP contribution in [0.5, 0.6) is 0 Å². The number of nitrogens with zero attached hydrogens (tertiary/aromatic N) is 2. The van der Waals surface area contributed by atoms with Crippen LogP contribution in [-0.4, -0.2) is 31.7 Å². The predicted molar refractivity (Wildman–Crippen MR) is 66.9 cm³/mol. The fourth-order valence-electron chi connectivity index (χ4n) is 2.35. The lowest BCUT2D eigenvalue weighted by molar-refractivity contribution is -0.119. The van der Waals surface area contributed by atoms with Crippen molar-refractivity contribution in [2.75, 3.05) is 18.6 Å². The normalized spacial score (nSPS) is 22.3. The summed E-state index contributed by atoms with van der Waals surface area (Å²) in [6.07, 6.45) is 0.336. The van der Waals surface area contributed by atoms with Crippen molar-refractivity contribution < 1.29 is 13.9 Å². The van der Waals surface area contributed by atoms with Crippen LogP contribution in [0.25, 0.3) is 0 Å². The number of carbonyl (C=O) groups excluding carboxylic acids is 1. The van der Waals surface area contributed by atoms with E-state index in [1.807, 2.05) is 6.07 Å². The lowest BCUT2D eigenvalue weighted by atomic mass is 10.1. The number of hydrogen-bond donors (Lipinski definition) is 1. The Morgan fingerprint density at radius 3 is 2.95 bits per heavy atom. The van der Waals surface area contributed by atoms with Crippen molar-refractivity contribution in [3.63, 3.8) is 0 Å². The van der Waals surface area contributed by atoms with E-state index in [0.717, 1.165) is 6.07 Å². The molecule has 1 aliphatic rings. The maximum absolute atomic E-state index is 13.1. The third-order valence-corrected chi connectivity index (χ3v) is 3.31. The molecule has 2 N–H and O–H groups in total. The average molecular weight is 263 g/mol. The van der Waals surface area contributed by atoms with E-state index in [9.17, 15) is 9.18 Å². The van der Waals surface area contributed by atoms with E-state index in [0.29, 0.717) is 18.7 Å². The Kier molecular flexibility index (Phi) is 3.67. The zero-order chi connectivity index (χ0) is 14.0. The molecule has 0 unspecified atom stereocenters. The molecule has 2 rings (SSSR count). The van der Waals surface area contributed by atoms with E-state index in [4.69, 9.17) is 15.7 Å². The molecule has 1 aromatic rings. The highest BCUT2D eigenvalue weighted by Gasteiger charge is 2.36. The Morgan fingerprint density at radius 1 is 1.63 bits per heavy atom. The van der Waals surface area contributed by atoms with Gasteiger partial charge in [0.1, 0.15) is 17.9 Å². The molecule has 6 heteroatoms. The van der Waals surface area contributed by atoms with Crippen LogP contribution in [0, 0.1) is 17.1 Å². The van der Waals surface area contributed by atoms with Crippen molar-refractivity contribution in [2.45, 2.75) is 18.6 Å². The molecule has 1 aromatic carbocycles. The number of hydrogen-bond acceptors (Lipinski definition) is 4. The van der Waals surface area contributed by atoms with Gasteiger partial charge in [-0.1, -0.05) is 0 Å². The quantitative estimate of drug-likeness (QED) is 0.873. The Bertz CT molecular complexity index is 541. The number of rotatable bonds is 3. The van der Waals surface area contributed by atoms with Crippen molar-refractivity contribution in [3.8, 4) is 6.07 Å². The van der Waals surface area contributed by atoms with Crippen molar-refractivity contribution in [1.29, 1.82) is 5.26 Å². The smallest absolute Gasteiger partial charge is 0.240 e. The van der Waals surface area contributed by atoms with Crippen molar-refractivity contribution in [2.24, 2.45) is 5.73 Å². The first-order valence-electron chi connectivity index (χ1n) is 5.85. The lowest BCUT2D eigenvalue weighted by Crippen LogP contribution is -2.40. The van der Waals surface area contributed by atoms with E-state index in [2.05, 4.69) is 0 Å².